The number of hydrogen-bond acceptors (Lipinski definition) is 9. The molecule has 0 saturated carbocycles. The van der Waals surface area contributed by atoms with Gasteiger partial charge in [-0.05, 0) is 44.4 Å². The summed E-state index contributed by atoms with van der Waals surface area (Å²) < 4.78 is 19.5. The van der Waals surface area contributed by atoms with Crippen LogP contribution in [0.1, 0.15) is 31.3 Å². The zero-order chi connectivity index (χ0) is 25.3. The number of carbonyl (C=O) groups excluding carboxylic acids is 3. The Morgan fingerprint density at radius 2 is 2.00 bits per heavy atom. The van der Waals surface area contributed by atoms with Gasteiger partial charge in [-0.2, -0.15) is 0 Å². The van der Waals surface area contributed by atoms with Crippen molar-refractivity contribution in [2.45, 2.75) is 55.5 Å². The van der Waals surface area contributed by atoms with Crippen molar-refractivity contribution in [3.8, 4) is 0 Å². The number of fused-ring (bicyclic) bond motifs is 1. The molecule has 4 rings (SSSR count). The molecule has 2 aliphatic rings. The summed E-state index contributed by atoms with van der Waals surface area (Å²) in [7, 11) is 0. The number of nitrogens with one attached hydrogen (secondary N) is 1. The van der Waals surface area contributed by atoms with E-state index in [9.17, 15) is 18.9 Å². The smallest absolute Gasteiger partial charge is 0.355 e. The number of benzene rings is 1. The number of esters is 1. The van der Waals surface area contributed by atoms with E-state index < -0.39 is 40.1 Å². The monoisotopic (exact) mass is 534 g/mol. The zero-order valence-electron chi connectivity index (χ0n) is 19.8. The normalized spacial score (nSPS) is 21.9. The number of hydrogen-bond donors (Lipinski definition) is 1. The van der Waals surface area contributed by atoms with Crippen LogP contribution in [0.5, 0.6) is 0 Å². The number of aromatic nitrogens is 2. The van der Waals surface area contributed by atoms with Crippen LogP contribution in [0.3, 0.4) is 0 Å². The van der Waals surface area contributed by atoms with Crippen molar-refractivity contribution in [2.24, 2.45) is 0 Å². The summed E-state index contributed by atoms with van der Waals surface area (Å²) in [4.78, 5) is 40.1. The zero-order valence-corrected chi connectivity index (χ0v) is 22.2. The highest BCUT2D eigenvalue weighted by Crippen LogP contribution is 2.39. The second kappa shape index (κ2) is 10.3. The third kappa shape index (κ3) is 5.88. The Morgan fingerprint density at radius 3 is 2.63 bits per heavy atom. The van der Waals surface area contributed by atoms with E-state index >= 15 is 0 Å². The fourth-order valence-corrected chi connectivity index (χ4v) is 7.41. The van der Waals surface area contributed by atoms with E-state index in [1.807, 2.05) is 37.3 Å². The first-order valence-electron chi connectivity index (χ1n) is 11.0. The number of amides is 2. The van der Waals surface area contributed by atoms with Gasteiger partial charge in [0.15, 0.2) is 10.4 Å². The molecule has 3 atom stereocenters. The van der Waals surface area contributed by atoms with Crippen LogP contribution in [0.4, 0.5) is 0 Å². The average Bonchev–Trinajstić information content (AvgIpc) is 3.20. The molecular weight excluding hydrogens is 508 g/mol. The molecule has 0 radical (unpaired) electrons. The molecule has 0 aliphatic carbocycles. The van der Waals surface area contributed by atoms with Gasteiger partial charge >= 0.3 is 5.97 Å². The second-order valence-corrected chi connectivity index (χ2v) is 13.1. The lowest BCUT2D eigenvalue weighted by Gasteiger charge is -2.49. The van der Waals surface area contributed by atoms with Crippen molar-refractivity contribution in [3.63, 3.8) is 0 Å². The topological polar surface area (TPSA) is 125 Å². The predicted octanol–water partition coefficient (Wildman–Crippen LogP) is 2.19. The van der Waals surface area contributed by atoms with Crippen molar-refractivity contribution in [1.82, 2.24) is 20.4 Å². The lowest BCUT2D eigenvalue weighted by molar-refractivity contribution is -0.159. The molecule has 9 nitrogen and oxygen atoms in total. The lowest BCUT2D eigenvalue weighted by Crippen LogP contribution is -2.75. The van der Waals surface area contributed by atoms with Crippen LogP contribution >= 0.6 is 23.1 Å². The summed E-state index contributed by atoms with van der Waals surface area (Å²) in [6.45, 7) is 7.07. The Hall–Kier alpha value is -2.41. The molecule has 186 valence electrons. The van der Waals surface area contributed by atoms with Gasteiger partial charge in [-0.25, -0.2) is 4.79 Å². The highest BCUT2D eigenvalue weighted by molar-refractivity contribution is 8.01. The predicted molar refractivity (Wildman–Crippen MR) is 134 cm³/mol. The molecule has 1 aromatic heterocycles. The van der Waals surface area contributed by atoms with Gasteiger partial charge in [0.05, 0.1) is 6.42 Å². The fraction of sp³-hybridized carbons (Fsp3) is 0.435. The van der Waals surface area contributed by atoms with Gasteiger partial charge in [0.2, 0.25) is 11.3 Å². The minimum absolute atomic E-state index is 0.0961. The van der Waals surface area contributed by atoms with Gasteiger partial charge in [-0.1, -0.05) is 53.4 Å². The Labute approximate surface area is 214 Å². The maximum atomic E-state index is 13.2. The van der Waals surface area contributed by atoms with Crippen LogP contribution in [-0.2, 0) is 36.7 Å². The lowest BCUT2D eigenvalue weighted by atomic mass is 10.0. The largest absolute Gasteiger partial charge is 0.614 e. The van der Waals surface area contributed by atoms with Crippen LogP contribution in [0.2, 0.25) is 0 Å². The molecule has 0 bridgehead atoms. The van der Waals surface area contributed by atoms with Crippen LogP contribution in [0, 0.1) is 6.92 Å². The van der Waals surface area contributed by atoms with E-state index in [0.29, 0.717) is 15.7 Å². The maximum absolute atomic E-state index is 13.2. The standard InChI is InChI=1S/C23H26N4O5S3/c1-13-25-26-22(34-13)33-11-15-12-35(31)20-17(24-16(28)10-14-8-6-5-7-9-14)19(29)27(20)18(15)21(30)32-23(2,3)4/h5-9,17,20H,10-12H2,1-4H3,(H,24,28)/t17?,20-,35?/m0/s1. The van der Waals surface area contributed by atoms with E-state index in [-0.39, 0.29) is 23.8 Å². The van der Waals surface area contributed by atoms with E-state index in [1.165, 1.54) is 28.0 Å². The summed E-state index contributed by atoms with van der Waals surface area (Å²) in [6, 6.07) is 8.20. The van der Waals surface area contributed by atoms with Crippen LogP contribution in [0.15, 0.2) is 45.9 Å². The third-order valence-electron chi connectivity index (χ3n) is 5.20. The highest BCUT2D eigenvalue weighted by atomic mass is 32.2. The van der Waals surface area contributed by atoms with Crippen molar-refractivity contribution in [2.75, 3.05) is 11.5 Å². The summed E-state index contributed by atoms with van der Waals surface area (Å²) in [6.07, 6.45) is 0.0991. The Balaban J connectivity index is 1.55. The van der Waals surface area contributed by atoms with Gasteiger partial charge < -0.3 is 14.6 Å². The number of β-lactam (4-membered cyclic amide) rings is 1. The second-order valence-electron chi connectivity index (χ2n) is 9.16. The van der Waals surface area contributed by atoms with Crippen LogP contribution in [-0.4, -0.2) is 66.0 Å². The minimum Gasteiger partial charge on any atom is -0.614 e. The molecule has 1 fully saturated rings. The van der Waals surface area contributed by atoms with Crippen LogP contribution in [0.25, 0.3) is 0 Å². The van der Waals surface area contributed by atoms with E-state index in [1.54, 1.807) is 20.8 Å². The minimum atomic E-state index is -1.51. The van der Waals surface area contributed by atoms with Gasteiger partial charge in [-0.3, -0.25) is 14.5 Å². The maximum Gasteiger partial charge on any atom is 0.355 e. The van der Waals surface area contributed by atoms with Crippen molar-refractivity contribution < 1.29 is 23.7 Å². The highest BCUT2D eigenvalue weighted by Gasteiger charge is 2.61. The number of rotatable bonds is 7. The molecule has 12 heteroatoms. The van der Waals surface area contributed by atoms with E-state index in [0.717, 1.165) is 10.6 Å². The summed E-state index contributed by atoms with van der Waals surface area (Å²) in [5.41, 5.74) is 0.687. The van der Waals surface area contributed by atoms with E-state index in [2.05, 4.69) is 15.5 Å². The molecule has 35 heavy (non-hydrogen) atoms. The summed E-state index contributed by atoms with van der Waals surface area (Å²) in [5, 5.41) is 10.8. The number of nitrogens with zero attached hydrogens (tertiary/aromatic N) is 3. The van der Waals surface area contributed by atoms with Gasteiger partial charge in [0, 0.05) is 11.3 Å². The van der Waals surface area contributed by atoms with Crippen LogP contribution < -0.4 is 5.32 Å². The molecule has 2 aliphatic heterocycles. The van der Waals surface area contributed by atoms with Gasteiger partial charge in [0.25, 0.3) is 5.91 Å². The number of aryl methyl sites for hydroxylation is 1. The quantitative estimate of drug-likeness (QED) is 0.248. The molecule has 1 N–H and O–H groups in total. The molecule has 1 aromatic carbocycles. The summed E-state index contributed by atoms with van der Waals surface area (Å²) in [5.74, 6) is -1.05. The Kier molecular flexibility index (Phi) is 7.55. The fourth-order valence-electron chi connectivity index (χ4n) is 3.77. The number of thioether (sulfide) groups is 1. The molecule has 3 heterocycles. The third-order valence-corrected chi connectivity index (χ3v) is 8.91. The molecule has 2 aromatic rings. The molecule has 0 spiro atoms. The first-order chi connectivity index (χ1) is 16.5. The first-order valence-corrected chi connectivity index (χ1v) is 14.1. The molecular formula is C23H26N4O5S3. The Morgan fingerprint density at radius 1 is 1.29 bits per heavy atom. The van der Waals surface area contributed by atoms with Crippen molar-refractivity contribution in [1.29, 1.82) is 0 Å². The van der Waals surface area contributed by atoms with Crippen molar-refractivity contribution >= 4 is 52.1 Å². The van der Waals surface area contributed by atoms with Crippen molar-refractivity contribution in [3.05, 3.63) is 52.2 Å². The molecule has 1 saturated heterocycles. The van der Waals surface area contributed by atoms with E-state index in [4.69, 9.17) is 4.74 Å². The number of ether oxygens (including phenoxy) is 1. The average molecular weight is 535 g/mol. The van der Waals surface area contributed by atoms with Gasteiger partial charge in [-0.15, -0.1) is 10.2 Å². The number of carbonyl (C=O) groups is 3. The molecule has 2 unspecified atom stereocenters. The van der Waals surface area contributed by atoms with Gasteiger partial charge in [0.1, 0.15) is 22.1 Å². The first kappa shape index (κ1) is 25.7. The molecule has 2 amide bonds. The SMILES string of the molecule is Cc1nnc(SCC2=C(C(=O)OC(C)(C)C)N3C(=O)C(NC(=O)Cc4ccccc4)[C@@H]3[S+]([O-])C2)s1. The Bertz CT molecular complexity index is 1160. The summed E-state index contributed by atoms with van der Waals surface area (Å²) >= 11 is 1.28.